The van der Waals surface area contributed by atoms with Gasteiger partial charge in [0, 0.05) is 43.8 Å². The summed E-state index contributed by atoms with van der Waals surface area (Å²) < 4.78 is 5.32. The van der Waals surface area contributed by atoms with Crippen LogP contribution in [0.25, 0.3) is 0 Å². The summed E-state index contributed by atoms with van der Waals surface area (Å²) in [7, 11) is 0. The van der Waals surface area contributed by atoms with Crippen molar-refractivity contribution in [3.63, 3.8) is 0 Å². The van der Waals surface area contributed by atoms with Gasteiger partial charge in [-0.2, -0.15) is 5.26 Å². The zero-order valence-corrected chi connectivity index (χ0v) is 14.2. The average molecular weight is 341 g/mol. The van der Waals surface area contributed by atoms with Crippen LogP contribution in [0.5, 0.6) is 0 Å². The molecule has 6 nitrogen and oxygen atoms in total. The summed E-state index contributed by atoms with van der Waals surface area (Å²) in [5, 5.41) is 11.7. The molecular weight excluding hydrogens is 318 g/mol. The third kappa shape index (κ3) is 4.37. The quantitative estimate of drug-likeness (QED) is 0.913. The second-order valence-corrected chi connectivity index (χ2v) is 6.66. The van der Waals surface area contributed by atoms with Crippen molar-refractivity contribution in [2.75, 3.05) is 31.6 Å². The number of rotatable bonds is 3. The van der Waals surface area contributed by atoms with Crippen LogP contribution >= 0.6 is 0 Å². The standard InChI is InChI=1S/C19H23N3O3/c20-13-14-1-3-17(4-2-14)21-18(23)15-5-9-22(10-6-15)19(24)16-7-11-25-12-8-16/h1-4,15-16H,5-12H2,(H,21,23). The van der Waals surface area contributed by atoms with Crippen molar-refractivity contribution in [3.05, 3.63) is 29.8 Å². The lowest BCUT2D eigenvalue weighted by atomic mass is 9.93. The van der Waals surface area contributed by atoms with Gasteiger partial charge in [0.2, 0.25) is 11.8 Å². The third-order valence-corrected chi connectivity index (χ3v) is 5.03. The molecule has 1 aromatic carbocycles. The fourth-order valence-electron chi connectivity index (χ4n) is 3.44. The Kier molecular flexibility index (Phi) is 5.67. The first kappa shape index (κ1) is 17.4. The van der Waals surface area contributed by atoms with Gasteiger partial charge in [0.05, 0.1) is 11.6 Å². The number of likely N-dealkylation sites (tertiary alicyclic amines) is 1. The first-order chi connectivity index (χ1) is 12.2. The largest absolute Gasteiger partial charge is 0.381 e. The van der Waals surface area contributed by atoms with Gasteiger partial charge >= 0.3 is 0 Å². The fourth-order valence-corrected chi connectivity index (χ4v) is 3.44. The number of nitrogens with one attached hydrogen (secondary N) is 1. The highest BCUT2D eigenvalue weighted by atomic mass is 16.5. The monoisotopic (exact) mass is 341 g/mol. The van der Waals surface area contributed by atoms with Crippen molar-refractivity contribution >= 4 is 17.5 Å². The number of nitriles is 1. The molecular formula is C19H23N3O3. The molecule has 2 aliphatic heterocycles. The van der Waals surface area contributed by atoms with Gasteiger partial charge in [0.25, 0.3) is 0 Å². The molecule has 0 atom stereocenters. The molecule has 1 aromatic rings. The third-order valence-electron chi connectivity index (χ3n) is 5.03. The number of ether oxygens (including phenoxy) is 1. The van der Waals surface area contributed by atoms with Gasteiger partial charge in [0.1, 0.15) is 0 Å². The number of hydrogen-bond acceptors (Lipinski definition) is 4. The Morgan fingerprint density at radius 1 is 1.04 bits per heavy atom. The molecule has 25 heavy (non-hydrogen) atoms. The number of hydrogen-bond donors (Lipinski definition) is 1. The van der Waals surface area contributed by atoms with E-state index in [-0.39, 0.29) is 23.7 Å². The molecule has 0 radical (unpaired) electrons. The molecule has 6 heteroatoms. The van der Waals surface area contributed by atoms with Gasteiger partial charge in [0.15, 0.2) is 0 Å². The molecule has 132 valence electrons. The van der Waals surface area contributed by atoms with Gasteiger partial charge in [-0.05, 0) is 49.9 Å². The minimum absolute atomic E-state index is 0.0112. The minimum atomic E-state index is -0.0746. The van der Waals surface area contributed by atoms with Crippen LogP contribution in [-0.4, -0.2) is 43.0 Å². The normalized spacial score (nSPS) is 19.2. The van der Waals surface area contributed by atoms with E-state index in [1.807, 2.05) is 4.90 Å². The minimum Gasteiger partial charge on any atom is -0.381 e. The summed E-state index contributed by atoms with van der Waals surface area (Å²) in [6.45, 7) is 2.61. The maximum atomic E-state index is 12.5. The van der Waals surface area contributed by atoms with Crippen molar-refractivity contribution in [1.29, 1.82) is 5.26 Å². The smallest absolute Gasteiger partial charge is 0.227 e. The van der Waals surface area contributed by atoms with Crippen LogP contribution in [0.2, 0.25) is 0 Å². The molecule has 0 aromatic heterocycles. The van der Waals surface area contributed by atoms with Crippen molar-refractivity contribution in [3.8, 4) is 6.07 Å². The Morgan fingerprint density at radius 3 is 2.28 bits per heavy atom. The van der Waals surface area contributed by atoms with E-state index in [9.17, 15) is 9.59 Å². The van der Waals surface area contributed by atoms with Crippen molar-refractivity contribution in [1.82, 2.24) is 4.90 Å². The molecule has 2 heterocycles. The summed E-state index contributed by atoms with van der Waals surface area (Å²) in [4.78, 5) is 26.8. The maximum Gasteiger partial charge on any atom is 0.227 e. The molecule has 0 saturated carbocycles. The topological polar surface area (TPSA) is 82.4 Å². The summed E-state index contributed by atoms with van der Waals surface area (Å²) in [5.41, 5.74) is 1.27. The van der Waals surface area contributed by atoms with Crippen molar-refractivity contribution in [2.45, 2.75) is 25.7 Å². The van der Waals surface area contributed by atoms with Gasteiger partial charge in [-0.25, -0.2) is 0 Å². The molecule has 1 N–H and O–H groups in total. The highest BCUT2D eigenvalue weighted by Crippen LogP contribution is 2.24. The molecule has 2 aliphatic rings. The number of carbonyl (C=O) groups is 2. The van der Waals surface area contributed by atoms with E-state index in [0.29, 0.717) is 50.4 Å². The lowest BCUT2D eigenvalue weighted by Gasteiger charge is -2.34. The van der Waals surface area contributed by atoms with Gasteiger partial charge in [-0.15, -0.1) is 0 Å². The Bertz CT molecular complexity index is 651. The molecule has 0 unspecified atom stereocenters. The highest BCUT2D eigenvalue weighted by Gasteiger charge is 2.31. The number of nitrogens with zero attached hydrogens (tertiary/aromatic N) is 2. The Balaban J connectivity index is 1.48. The lowest BCUT2D eigenvalue weighted by molar-refractivity contribution is -0.141. The summed E-state index contributed by atoms with van der Waals surface area (Å²) in [5.74, 6) is 0.212. The highest BCUT2D eigenvalue weighted by molar-refractivity contribution is 5.92. The van der Waals surface area contributed by atoms with E-state index in [0.717, 1.165) is 12.8 Å². The molecule has 0 bridgehead atoms. The lowest BCUT2D eigenvalue weighted by Crippen LogP contribution is -2.45. The Morgan fingerprint density at radius 2 is 1.68 bits per heavy atom. The van der Waals surface area contributed by atoms with Gasteiger partial charge in [-0.3, -0.25) is 9.59 Å². The molecule has 0 aliphatic carbocycles. The van der Waals surface area contributed by atoms with Crippen LogP contribution in [0, 0.1) is 23.2 Å². The first-order valence-corrected chi connectivity index (χ1v) is 8.85. The number of piperidine rings is 1. The van der Waals surface area contributed by atoms with Crippen LogP contribution < -0.4 is 5.32 Å². The average Bonchev–Trinajstić information content (AvgIpc) is 2.69. The molecule has 2 amide bonds. The van der Waals surface area contributed by atoms with E-state index in [1.165, 1.54) is 0 Å². The number of benzene rings is 1. The summed E-state index contributed by atoms with van der Waals surface area (Å²) >= 11 is 0. The number of amides is 2. The van der Waals surface area contributed by atoms with Crippen molar-refractivity contribution in [2.24, 2.45) is 11.8 Å². The van der Waals surface area contributed by atoms with E-state index < -0.39 is 0 Å². The zero-order valence-electron chi connectivity index (χ0n) is 14.2. The second-order valence-electron chi connectivity index (χ2n) is 6.66. The summed E-state index contributed by atoms with van der Waals surface area (Å²) in [6.07, 6.45) is 2.99. The van der Waals surface area contributed by atoms with E-state index in [1.54, 1.807) is 24.3 Å². The Hall–Kier alpha value is -2.39. The van der Waals surface area contributed by atoms with Crippen LogP contribution in [-0.2, 0) is 14.3 Å². The second kappa shape index (κ2) is 8.13. The maximum absolute atomic E-state index is 12.5. The zero-order chi connectivity index (χ0) is 17.6. The van der Waals surface area contributed by atoms with Crippen LogP contribution in [0.1, 0.15) is 31.2 Å². The fraction of sp³-hybridized carbons (Fsp3) is 0.526. The molecule has 2 fully saturated rings. The van der Waals surface area contributed by atoms with E-state index in [4.69, 9.17) is 10.00 Å². The van der Waals surface area contributed by atoms with E-state index in [2.05, 4.69) is 11.4 Å². The predicted octanol–water partition coefficient (Wildman–Crippen LogP) is 2.16. The van der Waals surface area contributed by atoms with E-state index >= 15 is 0 Å². The van der Waals surface area contributed by atoms with Gasteiger partial charge in [-0.1, -0.05) is 0 Å². The number of anilines is 1. The van der Waals surface area contributed by atoms with Crippen LogP contribution in [0.4, 0.5) is 5.69 Å². The van der Waals surface area contributed by atoms with Crippen molar-refractivity contribution < 1.29 is 14.3 Å². The summed E-state index contributed by atoms with van der Waals surface area (Å²) in [6, 6.07) is 8.90. The van der Waals surface area contributed by atoms with Crippen LogP contribution in [0.15, 0.2) is 24.3 Å². The van der Waals surface area contributed by atoms with Crippen LogP contribution in [0.3, 0.4) is 0 Å². The first-order valence-electron chi connectivity index (χ1n) is 8.85. The van der Waals surface area contributed by atoms with Gasteiger partial charge < -0.3 is 15.0 Å². The molecule has 2 saturated heterocycles. The molecule has 3 rings (SSSR count). The molecule has 0 spiro atoms. The SMILES string of the molecule is N#Cc1ccc(NC(=O)C2CCN(C(=O)C3CCOCC3)CC2)cc1. The number of carbonyl (C=O) groups excluding carboxylic acids is 2. The predicted molar refractivity (Wildman–Crippen MR) is 92.6 cm³/mol. The Labute approximate surface area is 147 Å².